The third-order valence-corrected chi connectivity index (χ3v) is 11.5. The van der Waals surface area contributed by atoms with E-state index < -0.39 is 0 Å². The minimum absolute atomic E-state index is 0.710. The Balaban J connectivity index is 1.08. The number of fused-ring (bicyclic) bond motifs is 9. The van der Waals surface area contributed by atoms with E-state index in [4.69, 9.17) is 9.97 Å². The van der Waals surface area contributed by atoms with Crippen LogP contribution in [0.4, 0.5) is 0 Å². The summed E-state index contributed by atoms with van der Waals surface area (Å²) in [4.78, 5) is 10.7. The lowest BCUT2D eigenvalue weighted by Crippen LogP contribution is -1.99. The molecule has 0 spiro atoms. The first-order chi connectivity index (χ1) is 27.8. The second-order valence-corrected chi connectivity index (χ2v) is 14.6. The van der Waals surface area contributed by atoms with E-state index >= 15 is 0 Å². The van der Waals surface area contributed by atoms with Crippen LogP contribution in [0.3, 0.4) is 0 Å². The number of rotatable bonds is 4. The minimum Gasteiger partial charge on any atom is -0.309 e. The molecule has 0 fully saturated rings. The van der Waals surface area contributed by atoms with E-state index in [0.29, 0.717) is 5.82 Å². The summed E-state index contributed by atoms with van der Waals surface area (Å²) in [5, 5.41) is 10.7. The van der Waals surface area contributed by atoms with Crippen LogP contribution in [-0.2, 0) is 0 Å². The Morgan fingerprint density at radius 2 is 0.929 bits per heavy atom. The van der Waals surface area contributed by atoms with Crippen LogP contribution < -0.4 is 0 Å². The van der Waals surface area contributed by atoms with Crippen molar-refractivity contribution in [2.45, 2.75) is 0 Å². The Bertz CT molecular complexity index is 3540. The number of benzene rings is 9. The Labute approximate surface area is 322 Å². The molecule has 56 heavy (non-hydrogen) atoms. The Kier molecular flexibility index (Phi) is 6.60. The summed E-state index contributed by atoms with van der Waals surface area (Å²) in [7, 11) is 0. The fraction of sp³-hybridized carbons (Fsp3) is 0. The molecule has 0 bridgehead atoms. The highest BCUT2D eigenvalue weighted by Gasteiger charge is 2.20. The predicted molar refractivity (Wildman–Crippen MR) is 234 cm³/mol. The van der Waals surface area contributed by atoms with Gasteiger partial charge in [-0.25, -0.2) is 9.97 Å². The normalized spacial score (nSPS) is 11.9. The third kappa shape index (κ3) is 4.53. The first kappa shape index (κ1) is 30.9. The molecule has 3 aromatic heterocycles. The Morgan fingerprint density at radius 1 is 0.339 bits per heavy atom. The molecule has 0 aliphatic heterocycles. The zero-order chi connectivity index (χ0) is 36.7. The van der Waals surface area contributed by atoms with Crippen molar-refractivity contribution in [1.29, 1.82) is 0 Å². The van der Waals surface area contributed by atoms with Gasteiger partial charge in [-0.05, 0) is 82.9 Å². The molecule has 0 unspecified atom stereocenters. The van der Waals surface area contributed by atoms with E-state index in [-0.39, 0.29) is 0 Å². The average Bonchev–Trinajstić information content (AvgIpc) is 3.77. The van der Waals surface area contributed by atoms with Gasteiger partial charge < -0.3 is 9.13 Å². The van der Waals surface area contributed by atoms with Crippen molar-refractivity contribution < 1.29 is 0 Å². The predicted octanol–water partition coefficient (Wildman–Crippen LogP) is 13.5. The first-order valence-electron chi connectivity index (χ1n) is 19.1. The van der Waals surface area contributed by atoms with Gasteiger partial charge in [0, 0.05) is 49.1 Å². The number of hydrogen-bond donors (Lipinski definition) is 0. The van der Waals surface area contributed by atoms with E-state index in [1.165, 1.54) is 54.4 Å². The molecule has 0 radical (unpaired) electrons. The highest BCUT2D eigenvalue weighted by atomic mass is 15.0. The molecule has 3 heterocycles. The largest absolute Gasteiger partial charge is 0.309 e. The molecule has 4 heteroatoms. The van der Waals surface area contributed by atoms with Crippen LogP contribution in [0.5, 0.6) is 0 Å². The van der Waals surface area contributed by atoms with Crippen LogP contribution >= 0.6 is 0 Å². The Hall–Kier alpha value is -7.56. The summed E-state index contributed by atoms with van der Waals surface area (Å²) in [6.45, 7) is 0. The molecule has 0 aliphatic carbocycles. The summed E-state index contributed by atoms with van der Waals surface area (Å²) in [5.41, 5.74) is 10.9. The topological polar surface area (TPSA) is 35.6 Å². The van der Waals surface area contributed by atoms with Crippen LogP contribution in [0.1, 0.15) is 0 Å². The molecule has 4 nitrogen and oxygen atoms in total. The number of nitrogens with zero attached hydrogens (tertiary/aromatic N) is 4. The minimum atomic E-state index is 0.710. The fourth-order valence-corrected chi connectivity index (χ4v) is 8.98. The van der Waals surface area contributed by atoms with Gasteiger partial charge in [0.25, 0.3) is 0 Å². The quantitative estimate of drug-likeness (QED) is 0.182. The van der Waals surface area contributed by atoms with Crippen molar-refractivity contribution in [3.8, 4) is 34.0 Å². The molecule has 12 rings (SSSR count). The second kappa shape index (κ2) is 12.0. The molecular formula is C52H32N4. The van der Waals surface area contributed by atoms with E-state index in [1.807, 2.05) is 0 Å². The second-order valence-electron chi connectivity index (χ2n) is 14.6. The summed E-state index contributed by atoms with van der Waals surface area (Å²) in [6, 6.07) is 69.6. The molecule has 0 saturated carbocycles. The number of aromatic nitrogens is 4. The highest BCUT2D eigenvalue weighted by molar-refractivity contribution is 6.15. The van der Waals surface area contributed by atoms with E-state index in [0.717, 1.165) is 49.9 Å². The maximum absolute atomic E-state index is 5.45. The smallest absolute Gasteiger partial charge is 0.161 e. The van der Waals surface area contributed by atoms with Crippen molar-refractivity contribution in [1.82, 2.24) is 19.1 Å². The van der Waals surface area contributed by atoms with Gasteiger partial charge in [-0.15, -0.1) is 0 Å². The lowest BCUT2D eigenvalue weighted by molar-refractivity contribution is 1.18. The zero-order valence-corrected chi connectivity index (χ0v) is 30.3. The van der Waals surface area contributed by atoms with Crippen molar-refractivity contribution >= 4 is 76.1 Å². The molecular weight excluding hydrogens is 681 g/mol. The summed E-state index contributed by atoms with van der Waals surface area (Å²) >= 11 is 0. The SMILES string of the molecule is c1ccc(-n2c3ccccc3c3cc(-c4nc(-c5ccc(-n6c7ccccc7c7cc8ccccc8cc76)c6ccccc56)nc5ccccc45)ccc32)cc1. The van der Waals surface area contributed by atoms with Gasteiger partial charge in [-0.2, -0.15) is 0 Å². The molecule has 0 saturated heterocycles. The monoisotopic (exact) mass is 712 g/mol. The lowest BCUT2D eigenvalue weighted by atomic mass is 10.00. The zero-order valence-electron chi connectivity index (χ0n) is 30.3. The molecule has 9 aromatic carbocycles. The Morgan fingerprint density at radius 3 is 1.71 bits per heavy atom. The van der Waals surface area contributed by atoms with Gasteiger partial charge in [0.2, 0.25) is 0 Å². The van der Waals surface area contributed by atoms with Crippen LogP contribution in [-0.4, -0.2) is 19.1 Å². The van der Waals surface area contributed by atoms with E-state index in [9.17, 15) is 0 Å². The number of hydrogen-bond acceptors (Lipinski definition) is 2. The molecule has 0 atom stereocenters. The summed E-state index contributed by atoms with van der Waals surface area (Å²) in [6.07, 6.45) is 0. The summed E-state index contributed by atoms with van der Waals surface area (Å²) < 4.78 is 4.78. The van der Waals surface area contributed by atoms with Crippen molar-refractivity contribution in [3.63, 3.8) is 0 Å². The molecule has 12 aromatic rings. The van der Waals surface area contributed by atoms with Crippen LogP contribution in [0.25, 0.3) is 110 Å². The maximum atomic E-state index is 5.45. The van der Waals surface area contributed by atoms with Gasteiger partial charge in [0.15, 0.2) is 5.82 Å². The van der Waals surface area contributed by atoms with Gasteiger partial charge in [-0.3, -0.25) is 0 Å². The van der Waals surface area contributed by atoms with Gasteiger partial charge in [0.1, 0.15) is 0 Å². The standard InChI is InChI=1S/C52H32N4/c1-2-16-36(17-3-1)55-46-24-12-9-20-39(46)43-31-35(26-28-49(43)55)51-42-22-8-11-23-45(42)53-52(54-51)41-27-29-48(38-19-7-6-18-37(38)41)56-47-25-13-10-21-40(47)44-30-33-14-4-5-15-34(33)32-50(44)56/h1-32H. The maximum Gasteiger partial charge on any atom is 0.161 e. The van der Waals surface area contributed by atoms with Crippen LogP contribution in [0.2, 0.25) is 0 Å². The third-order valence-electron chi connectivity index (χ3n) is 11.5. The molecule has 0 N–H and O–H groups in total. The lowest BCUT2D eigenvalue weighted by Gasteiger charge is -2.15. The first-order valence-corrected chi connectivity index (χ1v) is 19.1. The van der Waals surface area contributed by atoms with E-state index in [2.05, 4.69) is 203 Å². The van der Waals surface area contributed by atoms with Crippen LogP contribution in [0.15, 0.2) is 194 Å². The van der Waals surface area contributed by atoms with Crippen molar-refractivity contribution in [2.75, 3.05) is 0 Å². The fourth-order valence-electron chi connectivity index (χ4n) is 8.98. The summed E-state index contributed by atoms with van der Waals surface area (Å²) in [5.74, 6) is 0.710. The number of para-hydroxylation sites is 4. The molecule has 0 aliphatic rings. The highest BCUT2D eigenvalue weighted by Crippen LogP contribution is 2.41. The van der Waals surface area contributed by atoms with Crippen LogP contribution in [0, 0.1) is 0 Å². The van der Waals surface area contributed by atoms with Crippen molar-refractivity contribution in [2.24, 2.45) is 0 Å². The van der Waals surface area contributed by atoms with Gasteiger partial charge >= 0.3 is 0 Å². The van der Waals surface area contributed by atoms with Crippen molar-refractivity contribution in [3.05, 3.63) is 194 Å². The molecule has 0 amide bonds. The molecule has 260 valence electrons. The van der Waals surface area contributed by atoms with Gasteiger partial charge in [0.05, 0.1) is 39.0 Å². The van der Waals surface area contributed by atoms with Gasteiger partial charge in [-0.1, -0.05) is 127 Å². The van der Waals surface area contributed by atoms with E-state index in [1.54, 1.807) is 0 Å². The average molecular weight is 713 g/mol.